The van der Waals surface area contributed by atoms with Gasteiger partial charge in [0.25, 0.3) is 0 Å². The van der Waals surface area contributed by atoms with Crippen LogP contribution in [0.1, 0.15) is 28.5 Å². The smallest absolute Gasteiger partial charge is 0.146 e. The van der Waals surface area contributed by atoms with Crippen LogP contribution in [-0.2, 0) is 6.54 Å². The van der Waals surface area contributed by atoms with E-state index in [-0.39, 0.29) is 5.82 Å². The molecule has 1 N–H and O–H groups in total. The minimum absolute atomic E-state index is 0.301. The van der Waals surface area contributed by atoms with Crippen molar-refractivity contribution in [2.75, 3.05) is 31.1 Å². The predicted molar refractivity (Wildman–Crippen MR) is 113 cm³/mol. The van der Waals surface area contributed by atoms with Crippen LogP contribution >= 0.6 is 0 Å². The lowest BCUT2D eigenvalue weighted by molar-refractivity contribution is 0.213. The summed E-state index contributed by atoms with van der Waals surface area (Å²) in [5.41, 5.74) is 4.21. The van der Waals surface area contributed by atoms with Crippen molar-refractivity contribution >= 4 is 5.69 Å². The van der Waals surface area contributed by atoms with Crippen LogP contribution in [0.25, 0.3) is 0 Å². The number of aromatic nitrogens is 1. The van der Waals surface area contributed by atoms with E-state index in [1.165, 1.54) is 17.2 Å². The van der Waals surface area contributed by atoms with Gasteiger partial charge < -0.3 is 10.0 Å². The molecule has 4 rings (SSSR count). The van der Waals surface area contributed by atoms with Crippen LogP contribution in [0.2, 0.25) is 0 Å². The molecule has 1 atom stereocenters. The van der Waals surface area contributed by atoms with Crippen LogP contribution in [0.5, 0.6) is 0 Å². The van der Waals surface area contributed by atoms with E-state index in [1.807, 2.05) is 11.0 Å². The molecule has 1 fully saturated rings. The van der Waals surface area contributed by atoms with Crippen molar-refractivity contribution < 1.29 is 9.50 Å². The highest BCUT2D eigenvalue weighted by molar-refractivity contribution is 5.57. The van der Waals surface area contributed by atoms with Crippen molar-refractivity contribution in [2.45, 2.75) is 19.6 Å². The number of pyridine rings is 1. The number of piperazine rings is 1. The lowest BCUT2D eigenvalue weighted by Crippen LogP contribution is -2.46. The molecule has 150 valence electrons. The molecule has 2 aromatic carbocycles. The molecule has 0 radical (unpaired) electrons. The molecular formula is C24H26FN3O. The number of aliphatic hydroxyl groups is 1. The molecule has 3 aromatic rings. The molecule has 1 saturated heterocycles. The third-order valence-corrected chi connectivity index (χ3v) is 5.62. The van der Waals surface area contributed by atoms with E-state index in [1.54, 1.807) is 30.5 Å². The Bertz CT molecular complexity index is 955. The Morgan fingerprint density at radius 2 is 1.72 bits per heavy atom. The van der Waals surface area contributed by atoms with Gasteiger partial charge in [-0.05, 0) is 36.2 Å². The van der Waals surface area contributed by atoms with Gasteiger partial charge in [-0.15, -0.1) is 0 Å². The summed E-state index contributed by atoms with van der Waals surface area (Å²) in [5.74, 6) is -0.301. The highest BCUT2D eigenvalue weighted by Gasteiger charge is 2.25. The van der Waals surface area contributed by atoms with E-state index in [0.29, 0.717) is 16.9 Å². The predicted octanol–water partition coefficient (Wildman–Crippen LogP) is 3.93. The molecule has 1 aliphatic heterocycles. The molecule has 4 nitrogen and oxygen atoms in total. The third-order valence-electron chi connectivity index (χ3n) is 5.62. The SMILES string of the molecule is Cc1ccccc1CN1CCN(c2c(F)cccc2C(O)c2ccccn2)CC1. The van der Waals surface area contributed by atoms with E-state index >= 15 is 0 Å². The molecule has 2 heterocycles. The maximum atomic E-state index is 14.8. The molecule has 29 heavy (non-hydrogen) atoms. The van der Waals surface area contributed by atoms with Gasteiger partial charge in [0.2, 0.25) is 0 Å². The van der Waals surface area contributed by atoms with E-state index < -0.39 is 6.10 Å². The van der Waals surface area contributed by atoms with E-state index in [0.717, 1.165) is 32.7 Å². The Labute approximate surface area is 171 Å². The zero-order valence-corrected chi connectivity index (χ0v) is 16.6. The van der Waals surface area contributed by atoms with Crippen molar-refractivity contribution in [1.82, 2.24) is 9.88 Å². The fourth-order valence-electron chi connectivity index (χ4n) is 3.94. The minimum Gasteiger partial charge on any atom is -0.382 e. The van der Waals surface area contributed by atoms with Gasteiger partial charge in [0.15, 0.2) is 0 Å². The van der Waals surface area contributed by atoms with Crippen LogP contribution in [0.4, 0.5) is 10.1 Å². The van der Waals surface area contributed by atoms with Crippen LogP contribution in [0.15, 0.2) is 66.9 Å². The number of halogens is 1. The Hall–Kier alpha value is -2.76. The molecule has 1 aromatic heterocycles. The van der Waals surface area contributed by atoms with Gasteiger partial charge in [-0.3, -0.25) is 9.88 Å². The molecule has 0 bridgehead atoms. The lowest BCUT2D eigenvalue weighted by Gasteiger charge is -2.37. The summed E-state index contributed by atoms with van der Waals surface area (Å²) in [6.45, 7) is 6.17. The largest absolute Gasteiger partial charge is 0.382 e. The van der Waals surface area contributed by atoms with E-state index in [4.69, 9.17) is 0 Å². The van der Waals surface area contributed by atoms with E-state index in [9.17, 15) is 9.50 Å². The second-order valence-electron chi connectivity index (χ2n) is 7.52. The minimum atomic E-state index is -0.952. The van der Waals surface area contributed by atoms with E-state index in [2.05, 4.69) is 41.1 Å². The second-order valence-corrected chi connectivity index (χ2v) is 7.52. The molecular weight excluding hydrogens is 365 g/mol. The van der Waals surface area contributed by atoms with Crippen molar-refractivity contribution in [2.24, 2.45) is 0 Å². The highest BCUT2D eigenvalue weighted by atomic mass is 19.1. The summed E-state index contributed by atoms with van der Waals surface area (Å²) in [7, 11) is 0. The van der Waals surface area contributed by atoms with Gasteiger partial charge in [-0.25, -0.2) is 4.39 Å². The van der Waals surface area contributed by atoms with Gasteiger partial charge >= 0.3 is 0 Å². The van der Waals surface area contributed by atoms with Crippen molar-refractivity contribution in [3.63, 3.8) is 0 Å². The number of aryl methyl sites for hydroxylation is 1. The average Bonchev–Trinajstić information content (AvgIpc) is 2.76. The molecule has 0 aliphatic carbocycles. The molecule has 1 unspecified atom stereocenters. The van der Waals surface area contributed by atoms with Gasteiger partial charge in [0, 0.05) is 44.5 Å². The van der Waals surface area contributed by atoms with Gasteiger partial charge in [-0.1, -0.05) is 42.5 Å². The Balaban J connectivity index is 1.51. The molecule has 1 aliphatic rings. The van der Waals surface area contributed by atoms with Crippen LogP contribution in [-0.4, -0.2) is 41.2 Å². The first-order valence-electron chi connectivity index (χ1n) is 10.0. The first-order valence-corrected chi connectivity index (χ1v) is 10.0. The number of hydrogen-bond donors (Lipinski definition) is 1. The zero-order chi connectivity index (χ0) is 20.2. The number of nitrogens with zero attached hydrogens (tertiary/aromatic N) is 3. The topological polar surface area (TPSA) is 39.6 Å². The summed E-state index contributed by atoms with van der Waals surface area (Å²) in [6.07, 6.45) is 0.689. The number of rotatable bonds is 5. The van der Waals surface area contributed by atoms with Crippen molar-refractivity contribution in [3.05, 3.63) is 95.1 Å². The maximum absolute atomic E-state index is 14.8. The Morgan fingerprint density at radius 3 is 2.45 bits per heavy atom. The Morgan fingerprint density at radius 1 is 0.966 bits per heavy atom. The maximum Gasteiger partial charge on any atom is 0.146 e. The van der Waals surface area contributed by atoms with Crippen LogP contribution < -0.4 is 4.90 Å². The fraction of sp³-hybridized carbons (Fsp3) is 0.292. The first-order chi connectivity index (χ1) is 14.1. The van der Waals surface area contributed by atoms with Crippen molar-refractivity contribution in [1.29, 1.82) is 0 Å². The summed E-state index contributed by atoms with van der Waals surface area (Å²) >= 11 is 0. The zero-order valence-electron chi connectivity index (χ0n) is 16.6. The molecule has 0 saturated carbocycles. The average molecular weight is 391 g/mol. The summed E-state index contributed by atoms with van der Waals surface area (Å²) < 4.78 is 14.8. The van der Waals surface area contributed by atoms with Gasteiger partial charge in [0.1, 0.15) is 11.9 Å². The summed E-state index contributed by atoms with van der Waals surface area (Å²) in [4.78, 5) is 8.68. The van der Waals surface area contributed by atoms with Crippen molar-refractivity contribution in [3.8, 4) is 0 Å². The third kappa shape index (κ3) is 4.31. The standard InChI is InChI=1S/C24H26FN3O/c1-18-7-2-3-8-19(18)17-27-13-15-28(16-14-27)23-20(9-6-10-21(23)25)24(29)22-11-4-5-12-26-22/h2-12,24,29H,13-17H2,1H3. The molecule has 5 heteroatoms. The first kappa shape index (κ1) is 19.6. The molecule has 0 spiro atoms. The number of anilines is 1. The number of hydrogen-bond acceptors (Lipinski definition) is 4. The number of para-hydroxylation sites is 1. The summed E-state index contributed by atoms with van der Waals surface area (Å²) in [6, 6.07) is 18.7. The summed E-state index contributed by atoms with van der Waals surface area (Å²) in [5, 5.41) is 10.8. The van der Waals surface area contributed by atoms with Gasteiger partial charge in [0.05, 0.1) is 11.4 Å². The second kappa shape index (κ2) is 8.72. The van der Waals surface area contributed by atoms with Crippen LogP contribution in [0.3, 0.4) is 0 Å². The monoisotopic (exact) mass is 391 g/mol. The lowest BCUT2D eigenvalue weighted by atomic mass is 10.0. The molecule has 0 amide bonds. The quantitative estimate of drug-likeness (QED) is 0.715. The number of aliphatic hydroxyl groups excluding tert-OH is 1. The normalized spacial score (nSPS) is 16.0. The highest BCUT2D eigenvalue weighted by Crippen LogP contribution is 2.33. The van der Waals surface area contributed by atoms with Gasteiger partial charge in [-0.2, -0.15) is 0 Å². The van der Waals surface area contributed by atoms with Crippen LogP contribution in [0, 0.1) is 12.7 Å². The Kier molecular flexibility index (Phi) is 5.88. The fourth-order valence-corrected chi connectivity index (χ4v) is 3.94. The number of benzene rings is 2.